The van der Waals surface area contributed by atoms with Gasteiger partial charge in [-0.05, 0) is 70.1 Å². The number of nitrogens with one attached hydrogen (secondary N) is 1. The zero-order valence-electron chi connectivity index (χ0n) is 17.6. The average Bonchev–Trinajstić information content (AvgIpc) is 2.76. The Labute approximate surface area is 179 Å². The summed E-state index contributed by atoms with van der Waals surface area (Å²) in [5.74, 6) is -0.298. The predicted molar refractivity (Wildman–Crippen MR) is 120 cm³/mol. The second-order valence-corrected chi connectivity index (χ2v) is 9.63. The van der Waals surface area contributed by atoms with E-state index in [1.807, 2.05) is 13.0 Å². The van der Waals surface area contributed by atoms with Crippen molar-refractivity contribution >= 4 is 21.6 Å². The highest BCUT2D eigenvalue weighted by Gasteiger charge is 2.27. The molecule has 1 aliphatic rings. The smallest absolute Gasteiger partial charge is 0.264 e. The molecular weight excluding hydrogens is 398 g/mol. The Kier molecular flexibility index (Phi) is 7.87. The maximum Gasteiger partial charge on any atom is 0.264 e. The van der Waals surface area contributed by atoms with Crippen LogP contribution in [0.3, 0.4) is 0 Å². The quantitative estimate of drug-likeness (QED) is 0.622. The third-order valence-electron chi connectivity index (χ3n) is 5.36. The molecule has 1 heterocycles. The molecular formula is C23H31N3O3S. The zero-order chi connectivity index (χ0) is 21.4. The van der Waals surface area contributed by atoms with Gasteiger partial charge in [-0.15, -0.1) is 0 Å². The van der Waals surface area contributed by atoms with Crippen LogP contribution in [-0.2, 0) is 14.8 Å². The molecule has 2 aromatic rings. The Bertz CT molecular complexity index is 908. The minimum Gasteiger partial charge on any atom is -0.354 e. The number of aryl methyl sites for hydroxylation is 1. The number of rotatable bonds is 9. The number of hydrogen-bond acceptors (Lipinski definition) is 4. The van der Waals surface area contributed by atoms with Crippen molar-refractivity contribution in [2.24, 2.45) is 0 Å². The second kappa shape index (κ2) is 10.6. The fourth-order valence-corrected chi connectivity index (χ4v) is 5.07. The van der Waals surface area contributed by atoms with Crippen LogP contribution >= 0.6 is 0 Å². The minimum absolute atomic E-state index is 0.176. The van der Waals surface area contributed by atoms with Gasteiger partial charge in [0.05, 0.1) is 10.6 Å². The van der Waals surface area contributed by atoms with Gasteiger partial charge in [0, 0.05) is 6.54 Å². The van der Waals surface area contributed by atoms with Gasteiger partial charge < -0.3 is 10.2 Å². The van der Waals surface area contributed by atoms with Crippen LogP contribution in [0.25, 0.3) is 0 Å². The van der Waals surface area contributed by atoms with Gasteiger partial charge in [0.15, 0.2) is 0 Å². The van der Waals surface area contributed by atoms with Crippen LogP contribution in [0.1, 0.15) is 31.2 Å². The fourth-order valence-electron chi connectivity index (χ4n) is 3.65. The largest absolute Gasteiger partial charge is 0.354 e. The lowest BCUT2D eigenvalue weighted by Gasteiger charge is -2.26. The van der Waals surface area contributed by atoms with Crippen molar-refractivity contribution in [2.75, 3.05) is 37.0 Å². The molecule has 7 heteroatoms. The minimum atomic E-state index is -3.85. The Morgan fingerprint density at radius 3 is 2.33 bits per heavy atom. The molecule has 0 atom stereocenters. The number of piperidine rings is 1. The van der Waals surface area contributed by atoms with Crippen LogP contribution in [0.5, 0.6) is 0 Å². The molecule has 0 unspecified atom stereocenters. The molecule has 30 heavy (non-hydrogen) atoms. The van der Waals surface area contributed by atoms with Crippen LogP contribution in [0.4, 0.5) is 5.69 Å². The number of carbonyl (C=O) groups excluding carboxylic acids is 1. The van der Waals surface area contributed by atoms with Crippen LogP contribution in [0.2, 0.25) is 0 Å². The summed E-state index contributed by atoms with van der Waals surface area (Å²) in [4.78, 5) is 15.2. The van der Waals surface area contributed by atoms with E-state index in [4.69, 9.17) is 0 Å². The fraction of sp³-hybridized carbons (Fsp3) is 0.435. The van der Waals surface area contributed by atoms with E-state index < -0.39 is 10.0 Å². The normalized spacial score (nSPS) is 15.0. The third-order valence-corrected chi connectivity index (χ3v) is 7.15. The summed E-state index contributed by atoms with van der Waals surface area (Å²) in [5.41, 5.74) is 1.45. The van der Waals surface area contributed by atoms with E-state index in [0.29, 0.717) is 12.2 Å². The summed E-state index contributed by atoms with van der Waals surface area (Å²) in [6.07, 6.45) is 4.66. The number of anilines is 1. The number of likely N-dealkylation sites (tertiary alicyclic amines) is 1. The molecule has 1 N–H and O–H groups in total. The van der Waals surface area contributed by atoms with E-state index >= 15 is 0 Å². The summed E-state index contributed by atoms with van der Waals surface area (Å²) in [7, 11) is -3.85. The van der Waals surface area contributed by atoms with Crippen LogP contribution in [0, 0.1) is 6.92 Å². The Balaban J connectivity index is 1.64. The highest BCUT2D eigenvalue weighted by Crippen LogP contribution is 2.23. The first-order chi connectivity index (χ1) is 14.5. The van der Waals surface area contributed by atoms with Gasteiger partial charge in [-0.25, -0.2) is 8.42 Å². The molecule has 1 aliphatic heterocycles. The van der Waals surface area contributed by atoms with Gasteiger partial charge in [-0.3, -0.25) is 9.10 Å². The number of para-hydroxylation sites is 1. The van der Waals surface area contributed by atoms with E-state index in [2.05, 4.69) is 10.2 Å². The van der Waals surface area contributed by atoms with Gasteiger partial charge in [-0.2, -0.15) is 0 Å². The molecule has 162 valence electrons. The predicted octanol–water partition coefficient (Wildman–Crippen LogP) is 3.18. The van der Waals surface area contributed by atoms with Crippen LogP contribution in [-0.4, -0.2) is 51.9 Å². The Morgan fingerprint density at radius 1 is 1.00 bits per heavy atom. The standard InChI is InChI=1S/C23H31N3O3S/c1-20-11-13-22(14-12-20)30(28,29)26(21-9-4-2-5-10-21)19-23(27)24-15-8-18-25-16-6-3-7-17-25/h2,4-5,9-14H,3,6-8,15-19H2,1H3,(H,24,27). The lowest BCUT2D eigenvalue weighted by molar-refractivity contribution is -0.119. The number of amides is 1. The first-order valence-electron chi connectivity index (χ1n) is 10.6. The summed E-state index contributed by atoms with van der Waals surface area (Å²) in [6.45, 7) is 5.43. The maximum atomic E-state index is 13.3. The van der Waals surface area contributed by atoms with Crippen molar-refractivity contribution in [1.82, 2.24) is 10.2 Å². The molecule has 0 saturated carbocycles. The lowest BCUT2D eigenvalue weighted by Crippen LogP contribution is -2.41. The summed E-state index contributed by atoms with van der Waals surface area (Å²) in [5, 5.41) is 2.88. The van der Waals surface area contributed by atoms with Gasteiger partial charge in [0.2, 0.25) is 5.91 Å². The van der Waals surface area contributed by atoms with Crippen molar-refractivity contribution in [2.45, 2.75) is 37.5 Å². The molecule has 6 nitrogen and oxygen atoms in total. The van der Waals surface area contributed by atoms with E-state index in [1.165, 1.54) is 23.6 Å². The number of nitrogens with zero attached hydrogens (tertiary/aromatic N) is 2. The lowest BCUT2D eigenvalue weighted by atomic mass is 10.1. The molecule has 2 aromatic carbocycles. The van der Waals surface area contributed by atoms with Crippen molar-refractivity contribution in [3.05, 3.63) is 60.2 Å². The average molecular weight is 430 g/mol. The van der Waals surface area contributed by atoms with E-state index in [0.717, 1.165) is 31.6 Å². The van der Waals surface area contributed by atoms with E-state index in [9.17, 15) is 13.2 Å². The van der Waals surface area contributed by atoms with Crippen molar-refractivity contribution in [3.63, 3.8) is 0 Å². The molecule has 1 fully saturated rings. The molecule has 0 aliphatic carbocycles. The van der Waals surface area contributed by atoms with Crippen LogP contribution < -0.4 is 9.62 Å². The highest BCUT2D eigenvalue weighted by atomic mass is 32.2. The molecule has 0 bridgehead atoms. The van der Waals surface area contributed by atoms with Gasteiger partial charge >= 0.3 is 0 Å². The van der Waals surface area contributed by atoms with Crippen LogP contribution in [0.15, 0.2) is 59.5 Å². The third kappa shape index (κ3) is 6.06. The van der Waals surface area contributed by atoms with E-state index in [-0.39, 0.29) is 17.3 Å². The zero-order valence-corrected chi connectivity index (χ0v) is 18.4. The number of hydrogen-bond donors (Lipinski definition) is 1. The number of carbonyl (C=O) groups is 1. The molecule has 1 saturated heterocycles. The van der Waals surface area contributed by atoms with Gasteiger partial charge in [0.1, 0.15) is 6.54 Å². The molecule has 3 rings (SSSR count). The van der Waals surface area contributed by atoms with Crippen molar-refractivity contribution < 1.29 is 13.2 Å². The summed E-state index contributed by atoms with van der Waals surface area (Å²) >= 11 is 0. The number of sulfonamides is 1. The van der Waals surface area contributed by atoms with E-state index in [1.54, 1.807) is 48.5 Å². The summed E-state index contributed by atoms with van der Waals surface area (Å²) < 4.78 is 27.7. The number of benzene rings is 2. The summed E-state index contributed by atoms with van der Waals surface area (Å²) in [6, 6.07) is 15.4. The first-order valence-corrected chi connectivity index (χ1v) is 12.0. The van der Waals surface area contributed by atoms with Crippen molar-refractivity contribution in [1.29, 1.82) is 0 Å². The van der Waals surface area contributed by atoms with Crippen molar-refractivity contribution in [3.8, 4) is 0 Å². The topological polar surface area (TPSA) is 69.7 Å². The van der Waals surface area contributed by atoms with Gasteiger partial charge in [0.25, 0.3) is 10.0 Å². The Morgan fingerprint density at radius 2 is 1.67 bits per heavy atom. The molecule has 0 radical (unpaired) electrons. The first kappa shape index (κ1) is 22.3. The highest BCUT2D eigenvalue weighted by molar-refractivity contribution is 7.92. The molecule has 1 amide bonds. The monoisotopic (exact) mass is 429 g/mol. The molecule has 0 spiro atoms. The maximum absolute atomic E-state index is 13.3. The molecule has 0 aromatic heterocycles. The van der Waals surface area contributed by atoms with Gasteiger partial charge in [-0.1, -0.05) is 42.3 Å². The Hall–Kier alpha value is -2.38. The SMILES string of the molecule is Cc1ccc(S(=O)(=O)N(CC(=O)NCCCN2CCCCC2)c2ccccc2)cc1. The second-order valence-electron chi connectivity index (χ2n) is 7.77.